The zero-order chi connectivity index (χ0) is 17.8. The first-order valence-corrected chi connectivity index (χ1v) is 8.43. The standard InChI is InChI=1S/C20H22N2O3/c1-14-5-7-15(8-6-14)13-22-10-9-18(19(22)23)21-12-16-3-2-4-17(11-16)20(24)25/h2-8,11,18,21H,9-10,12-13H2,1H3,(H,24,25). The Labute approximate surface area is 147 Å². The van der Waals surface area contributed by atoms with Gasteiger partial charge in [0.2, 0.25) is 5.91 Å². The number of carboxylic acid groups (broad SMARTS) is 1. The number of benzene rings is 2. The maximum atomic E-state index is 12.5. The molecule has 1 amide bonds. The summed E-state index contributed by atoms with van der Waals surface area (Å²) in [7, 11) is 0. The van der Waals surface area contributed by atoms with Crippen LogP contribution in [-0.4, -0.2) is 34.5 Å². The van der Waals surface area contributed by atoms with E-state index in [2.05, 4.69) is 29.6 Å². The summed E-state index contributed by atoms with van der Waals surface area (Å²) in [6.45, 7) is 3.89. The monoisotopic (exact) mass is 338 g/mol. The zero-order valence-electron chi connectivity index (χ0n) is 14.2. The molecular weight excluding hydrogens is 316 g/mol. The van der Waals surface area contributed by atoms with Gasteiger partial charge in [-0.15, -0.1) is 0 Å². The van der Waals surface area contributed by atoms with Crippen molar-refractivity contribution < 1.29 is 14.7 Å². The summed E-state index contributed by atoms with van der Waals surface area (Å²) in [5.74, 6) is -0.835. The summed E-state index contributed by atoms with van der Waals surface area (Å²) in [5, 5.41) is 12.3. The minimum atomic E-state index is -0.942. The highest BCUT2D eigenvalue weighted by Gasteiger charge is 2.30. The van der Waals surface area contributed by atoms with Crippen molar-refractivity contribution in [2.75, 3.05) is 6.54 Å². The smallest absolute Gasteiger partial charge is 0.335 e. The fourth-order valence-corrected chi connectivity index (χ4v) is 3.05. The molecule has 5 heteroatoms. The summed E-state index contributed by atoms with van der Waals surface area (Å²) in [5.41, 5.74) is 3.47. The van der Waals surface area contributed by atoms with Crippen molar-refractivity contribution in [1.29, 1.82) is 0 Å². The molecule has 1 unspecified atom stereocenters. The molecule has 1 heterocycles. The summed E-state index contributed by atoms with van der Waals surface area (Å²) in [6.07, 6.45) is 0.767. The Hall–Kier alpha value is -2.66. The molecule has 25 heavy (non-hydrogen) atoms. The maximum absolute atomic E-state index is 12.5. The van der Waals surface area contributed by atoms with Crippen LogP contribution in [0.15, 0.2) is 48.5 Å². The molecule has 0 bridgehead atoms. The number of carbonyl (C=O) groups is 2. The van der Waals surface area contributed by atoms with Crippen LogP contribution < -0.4 is 5.32 Å². The molecule has 0 spiro atoms. The molecule has 1 atom stereocenters. The lowest BCUT2D eigenvalue weighted by Crippen LogP contribution is -2.37. The normalized spacial score (nSPS) is 17.1. The summed E-state index contributed by atoms with van der Waals surface area (Å²) in [4.78, 5) is 25.4. The van der Waals surface area contributed by atoms with Crippen molar-refractivity contribution in [3.8, 4) is 0 Å². The molecule has 0 aliphatic carbocycles. The first-order valence-electron chi connectivity index (χ1n) is 8.43. The van der Waals surface area contributed by atoms with Crippen molar-refractivity contribution in [1.82, 2.24) is 10.2 Å². The number of nitrogens with zero attached hydrogens (tertiary/aromatic N) is 1. The van der Waals surface area contributed by atoms with Crippen LogP contribution in [0.2, 0.25) is 0 Å². The van der Waals surface area contributed by atoms with Gasteiger partial charge in [-0.1, -0.05) is 42.0 Å². The Morgan fingerprint density at radius 1 is 1.20 bits per heavy atom. The summed E-state index contributed by atoms with van der Waals surface area (Å²) < 4.78 is 0. The topological polar surface area (TPSA) is 69.6 Å². The van der Waals surface area contributed by atoms with Crippen LogP contribution >= 0.6 is 0 Å². The second kappa shape index (κ2) is 7.49. The Morgan fingerprint density at radius 3 is 2.68 bits per heavy atom. The van der Waals surface area contributed by atoms with Crippen LogP contribution in [-0.2, 0) is 17.9 Å². The van der Waals surface area contributed by atoms with E-state index in [1.165, 1.54) is 5.56 Å². The van der Waals surface area contributed by atoms with Crippen LogP contribution in [0.25, 0.3) is 0 Å². The van der Waals surface area contributed by atoms with Gasteiger partial charge in [0, 0.05) is 19.6 Å². The maximum Gasteiger partial charge on any atom is 0.335 e. The molecule has 130 valence electrons. The van der Waals surface area contributed by atoms with Crippen molar-refractivity contribution in [2.24, 2.45) is 0 Å². The van der Waals surface area contributed by atoms with Gasteiger partial charge in [-0.25, -0.2) is 4.79 Å². The average Bonchev–Trinajstić information content (AvgIpc) is 2.95. The van der Waals surface area contributed by atoms with Crippen molar-refractivity contribution in [3.05, 3.63) is 70.8 Å². The van der Waals surface area contributed by atoms with Crippen LogP contribution in [0, 0.1) is 6.92 Å². The lowest BCUT2D eigenvalue weighted by atomic mass is 10.1. The van der Waals surface area contributed by atoms with E-state index in [9.17, 15) is 9.59 Å². The number of nitrogens with one attached hydrogen (secondary N) is 1. The summed E-state index contributed by atoms with van der Waals surface area (Å²) >= 11 is 0. The van der Waals surface area contributed by atoms with E-state index in [0.717, 1.165) is 24.1 Å². The quantitative estimate of drug-likeness (QED) is 0.849. The van der Waals surface area contributed by atoms with E-state index in [-0.39, 0.29) is 17.5 Å². The number of aryl methyl sites for hydroxylation is 1. The van der Waals surface area contributed by atoms with Gasteiger partial charge in [-0.2, -0.15) is 0 Å². The highest BCUT2D eigenvalue weighted by atomic mass is 16.4. The second-order valence-corrected chi connectivity index (χ2v) is 6.47. The van der Waals surface area contributed by atoms with Gasteiger partial charge in [-0.05, 0) is 36.6 Å². The molecule has 0 radical (unpaired) electrons. The number of rotatable bonds is 6. The molecule has 1 aliphatic rings. The second-order valence-electron chi connectivity index (χ2n) is 6.47. The highest BCUT2D eigenvalue weighted by Crippen LogP contribution is 2.16. The molecule has 1 aliphatic heterocycles. The molecule has 2 aromatic carbocycles. The average molecular weight is 338 g/mol. The Morgan fingerprint density at radius 2 is 1.96 bits per heavy atom. The van der Waals surface area contributed by atoms with Gasteiger partial charge in [-0.3, -0.25) is 4.79 Å². The van der Waals surface area contributed by atoms with Crippen molar-refractivity contribution in [2.45, 2.75) is 32.5 Å². The number of likely N-dealkylation sites (tertiary alicyclic amines) is 1. The van der Waals surface area contributed by atoms with Gasteiger partial charge in [0.25, 0.3) is 0 Å². The molecule has 1 fully saturated rings. The third kappa shape index (κ3) is 4.25. The highest BCUT2D eigenvalue weighted by molar-refractivity contribution is 5.87. The van der Waals surface area contributed by atoms with Crippen molar-refractivity contribution in [3.63, 3.8) is 0 Å². The van der Waals surface area contributed by atoms with Gasteiger partial charge in [0.05, 0.1) is 11.6 Å². The van der Waals surface area contributed by atoms with Crippen LogP contribution in [0.1, 0.15) is 33.5 Å². The van der Waals surface area contributed by atoms with Crippen molar-refractivity contribution >= 4 is 11.9 Å². The molecular formula is C20H22N2O3. The Kier molecular flexibility index (Phi) is 5.14. The van der Waals surface area contributed by atoms with Gasteiger partial charge in [0.15, 0.2) is 0 Å². The number of carbonyl (C=O) groups excluding carboxylic acids is 1. The van der Waals surface area contributed by atoms with E-state index >= 15 is 0 Å². The fraction of sp³-hybridized carbons (Fsp3) is 0.300. The number of carboxylic acids is 1. The van der Waals surface area contributed by atoms with E-state index in [0.29, 0.717) is 13.1 Å². The zero-order valence-corrected chi connectivity index (χ0v) is 14.2. The molecule has 0 aromatic heterocycles. The predicted octanol–water partition coefficient (Wildman–Crippen LogP) is 2.58. The van der Waals surface area contributed by atoms with Gasteiger partial charge >= 0.3 is 5.97 Å². The molecule has 2 aromatic rings. The lowest BCUT2D eigenvalue weighted by molar-refractivity contribution is -0.129. The molecule has 3 rings (SSSR count). The third-order valence-electron chi connectivity index (χ3n) is 4.52. The van der Waals surface area contributed by atoms with E-state index in [4.69, 9.17) is 5.11 Å². The van der Waals surface area contributed by atoms with Crippen LogP contribution in [0.3, 0.4) is 0 Å². The van der Waals surface area contributed by atoms with Gasteiger partial charge < -0.3 is 15.3 Å². The third-order valence-corrected chi connectivity index (χ3v) is 4.52. The number of hydrogen-bond acceptors (Lipinski definition) is 3. The molecule has 2 N–H and O–H groups in total. The minimum Gasteiger partial charge on any atom is -0.478 e. The first kappa shape index (κ1) is 17.2. The first-order chi connectivity index (χ1) is 12.0. The molecule has 0 saturated carbocycles. The SMILES string of the molecule is Cc1ccc(CN2CCC(NCc3cccc(C(=O)O)c3)C2=O)cc1. The minimum absolute atomic E-state index is 0.106. The van der Waals surface area contributed by atoms with Crippen LogP contribution in [0.4, 0.5) is 0 Å². The summed E-state index contributed by atoms with van der Waals surface area (Å²) in [6, 6.07) is 14.8. The fourth-order valence-electron chi connectivity index (χ4n) is 3.05. The molecule has 1 saturated heterocycles. The van der Waals surface area contributed by atoms with Crippen LogP contribution in [0.5, 0.6) is 0 Å². The largest absolute Gasteiger partial charge is 0.478 e. The van der Waals surface area contributed by atoms with E-state index in [1.807, 2.05) is 17.9 Å². The Balaban J connectivity index is 1.56. The number of amides is 1. The van der Waals surface area contributed by atoms with Gasteiger partial charge in [0.1, 0.15) is 0 Å². The number of hydrogen-bond donors (Lipinski definition) is 2. The Bertz CT molecular complexity index is 771. The molecule has 5 nitrogen and oxygen atoms in total. The lowest BCUT2D eigenvalue weighted by Gasteiger charge is -2.17. The number of aromatic carboxylic acids is 1. The predicted molar refractivity (Wildman–Crippen MR) is 95.2 cm³/mol. The van der Waals surface area contributed by atoms with E-state index < -0.39 is 5.97 Å². The van der Waals surface area contributed by atoms with E-state index in [1.54, 1.807) is 18.2 Å².